The average molecular weight is 276 g/mol. The number of hydrogen-bond acceptors (Lipinski definition) is 4. The molecule has 0 spiro atoms. The molecule has 1 rings (SSSR count). The highest BCUT2D eigenvalue weighted by atomic mass is 16.3. The van der Waals surface area contributed by atoms with Gasteiger partial charge in [-0.3, -0.25) is 4.79 Å². The van der Waals surface area contributed by atoms with Gasteiger partial charge in [0.25, 0.3) is 0 Å². The van der Waals surface area contributed by atoms with Gasteiger partial charge in [0.2, 0.25) is 0 Å². The molecule has 4 heteroatoms. The number of aromatic hydroxyl groups is 1. The highest BCUT2D eigenvalue weighted by Crippen LogP contribution is 2.12. The van der Waals surface area contributed by atoms with Crippen LogP contribution in [-0.2, 0) is 4.79 Å². The molecule has 0 amide bonds. The van der Waals surface area contributed by atoms with E-state index in [2.05, 4.69) is 0 Å². The molecule has 0 aromatic heterocycles. The Labute approximate surface area is 121 Å². The lowest BCUT2D eigenvalue weighted by molar-refractivity contribution is -0.119. The minimum atomic E-state index is -0.0339. The molecule has 0 saturated heterocycles. The van der Waals surface area contributed by atoms with Gasteiger partial charge in [0, 0.05) is 19.0 Å². The molecule has 20 heavy (non-hydrogen) atoms. The number of phenolic OH excluding ortho intramolecular Hbond substituents is 1. The van der Waals surface area contributed by atoms with Crippen LogP contribution in [0.3, 0.4) is 0 Å². The van der Waals surface area contributed by atoms with Gasteiger partial charge in [0.05, 0.1) is 0 Å². The van der Waals surface area contributed by atoms with Crippen LogP contribution in [0.2, 0.25) is 0 Å². The molecule has 0 bridgehead atoms. The Bertz CT molecular complexity index is 440. The van der Waals surface area contributed by atoms with Crippen molar-refractivity contribution in [3.05, 3.63) is 35.9 Å². The molecule has 1 aromatic carbocycles. The van der Waals surface area contributed by atoms with E-state index in [0.717, 1.165) is 18.7 Å². The van der Waals surface area contributed by atoms with Crippen LogP contribution in [0.4, 0.5) is 0 Å². The summed E-state index contributed by atoms with van der Waals surface area (Å²) < 4.78 is 0. The zero-order valence-corrected chi connectivity index (χ0v) is 12.7. The second-order valence-corrected chi connectivity index (χ2v) is 5.55. The number of rotatable bonds is 7. The molecule has 0 fully saturated rings. The first-order chi connectivity index (χ1) is 9.38. The van der Waals surface area contributed by atoms with Crippen molar-refractivity contribution in [2.45, 2.75) is 0 Å². The van der Waals surface area contributed by atoms with E-state index in [-0.39, 0.29) is 17.5 Å². The van der Waals surface area contributed by atoms with Crippen LogP contribution < -0.4 is 0 Å². The van der Waals surface area contributed by atoms with Gasteiger partial charge in [0.1, 0.15) is 5.75 Å². The molecule has 0 aliphatic heterocycles. The lowest BCUT2D eigenvalue weighted by Crippen LogP contribution is -2.34. The minimum Gasteiger partial charge on any atom is -0.508 e. The Morgan fingerprint density at radius 3 is 2.05 bits per heavy atom. The third-order valence-electron chi connectivity index (χ3n) is 2.91. The van der Waals surface area contributed by atoms with Crippen LogP contribution in [0, 0.1) is 5.92 Å². The molecule has 4 nitrogen and oxygen atoms in total. The summed E-state index contributed by atoms with van der Waals surface area (Å²) in [4.78, 5) is 16.3. The van der Waals surface area contributed by atoms with Crippen molar-refractivity contribution in [1.29, 1.82) is 0 Å². The fourth-order valence-electron chi connectivity index (χ4n) is 2.02. The third kappa shape index (κ3) is 5.99. The van der Waals surface area contributed by atoms with Crippen molar-refractivity contribution < 1.29 is 9.90 Å². The predicted octanol–water partition coefficient (Wildman–Crippen LogP) is 1.71. The van der Waals surface area contributed by atoms with E-state index in [1.54, 1.807) is 36.4 Å². The summed E-state index contributed by atoms with van der Waals surface area (Å²) >= 11 is 0. The molecule has 0 aliphatic carbocycles. The summed E-state index contributed by atoms with van der Waals surface area (Å²) in [5.41, 5.74) is 0.907. The molecule has 110 valence electrons. The molecule has 1 N–H and O–H groups in total. The van der Waals surface area contributed by atoms with Gasteiger partial charge >= 0.3 is 0 Å². The van der Waals surface area contributed by atoms with Crippen molar-refractivity contribution >= 4 is 11.9 Å². The number of carbonyl (C=O) groups is 1. The predicted molar refractivity (Wildman–Crippen MR) is 82.7 cm³/mol. The van der Waals surface area contributed by atoms with Crippen molar-refractivity contribution in [2.24, 2.45) is 5.92 Å². The van der Waals surface area contributed by atoms with E-state index in [1.807, 2.05) is 38.0 Å². The van der Waals surface area contributed by atoms with Gasteiger partial charge in [0.15, 0.2) is 5.78 Å². The molecule has 0 radical (unpaired) electrons. The highest BCUT2D eigenvalue weighted by molar-refractivity contribution is 5.95. The molecular weight excluding hydrogens is 252 g/mol. The molecule has 0 aliphatic rings. The standard InChI is InChI=1S/C16H24N2O2/c1-17(2)11-14(12-18(3)4)16(20)10-7-13-5-8-15(19)9-6-13/h5-10,14,19H,11-12H2,1-4H3/b10-7-. The fourth-order valence-corrected chi connectivity index (χ4v) is 2.02. The van der Waals surface area contributed by atoms with E-state index in [9.17, 15) is 9.90 Å². The van der Waals surface area contributed by atoms with Crippen LogP contribution in [-0.4, -0.2) is 62.0 Å². The monoisotopic (exact) mass is 276 g/mol. The van der Waals surface area contributed by atoms with Crippen molar-refractivity contribution in [3.63, 3.8) is 0 Å². The Hall–Kier alpha value is -1.65. The minimum absolute atomic E-state index is 0.0339. The van der Waals surface area contributed by atoms with E-state index in [4.69, 9.17) is 0 Å². The van der Waals surface area contributed by atoms with Crippen molar-refractivity contribution in [1.82, 2.24) is 9.80 Å². The summed E-state index contributed by atoms with van der Waals surface area (Å²) in [5, 5.41) is 9.22. The summed E-state index contributed by atoms with van der Waals surface area (Å²) in [5.74, 6) is 0.320. The second-order valence-electron chi connectivity index (χ2n) is 5.55. The van der Waals surface area contributed by atoms with Gasteiger partial charge < -0.3 is 14.9 Å². The topological polar surface area (TPSA) is 43.8 Å². The highest BCUT2D eigenvalue weighted by Gasteiger charge is 2.17. The molecule has 0 saturated carbocycles. The maximum absolute atomic E-state index is 12.3. The fraction of sp³-hybridized carbons (Fsp3) is 0.438. The summed E-state index contributed by atoms with van der Waals surface area (Å²) in [7, 11) is 7.89. The molecule has 0 heterocycles. The number of phenols is 1. The van der Waals surface area contributed by atoms with E-state index in [0.29, 0.717) is 0 Å². The van der Waals surface area contributed by atoms with E-state index >= 15 is 0 Å². The summed E-state index contributed by atoms with van der Waals surface area (Å²) in [6, 6.07) is 6.79. The number of ketones is 1. The SMILES string of the molecule is CN(C)CC(CN(C)C)C(=O)/C=C\c1ccc(O)cc1. The van der Waals surface area contributed by atoms with Crippen LogP contribution >= 0.6 is 0 Å². The number of nitrogens with zero attached hydrogens (tertiary/aromatic N) is 2. The van der Waals surface area contributed by atoms with Crippen LogP contribution in [0.15, 0.2) is 30.3 Å². The zero-order valence-electron chi connectivity index (χ0n) is 12.7. The maximum Gasteiger partial charge on any atom is 0.161 e. The number of allylic oxidation sites excluding steroid dienone is 1. The number of hydrogen-bond donors (Lipinski definition) is 1. The molecule has 0 atom stereocenters. The normalized spacial score (nSPS) is 11.9. The van der Waals surface area contributed by atoms with Crippen LogP contribution in [0.25, 0.3) is 6.08 Å². The van der Waals surface area contributed by atoms with Gasteiger partial charge in [-0.2, -0.15) is 0 Å². The Morgan fingerprint density at radius 2 is 1.60 bits per heavy atom. The first kappa shape index (κ1) is 16.4. The number of carbonyl (C=O) groups excluding carboxylic acids is 1. The molecular formula is C16H24N2O2. The Kier molecular flexibility index (Phi) is 6.42. The van der Waals surface area contributed by atoms with Crippen molar-refractivity contribution in [3.8, 4) is 5.75 Å². The largest absolute Gasteiger partial charge is 0.508 e. The second kappa shape index (κ2) is 7.82. The Balaban J connectivity index is 2.71. The van der Waals surface area contributed by atoms with E-state index in [1.165, 1.54) is 0 Å². The van der Waals surface area contributed by atoms with Crippen LogP contribution in [0.1, 0.15) is 5.56 Å². The molecule has 1 aromatic rings. The average Bonchev–Trinajstić information content (AvgIpc) is 2.36. The lowest BCUT2D eigenvalue weighted by Gasteiger charge is -2.22. The van der Waals surface area contributed by atoms with Crippen molar-refractivity contribution in [2.75, 3.05) is 41.3 Å². The maximum atomic E-state index is 12.3. The zero-order chi connectivity index (χ0) is 15.1. The Morgan fingerprint density at radius 1 is 1.10 bits per heavy atom. The lowest BCUT2D eigenvalue weighted by atomic mass is 10.0. The summed E-state index contributed by atoms with van der Waals surface area (Å²) in [6.07, 6.45) is 3.42. The number of benzene rings is 1. The smallest absolute Gasteiger partial charge is 0.161 e. The van der Waals surface area contributed by atoms with Crippen LogP contribution in [0.5, 0.6) is 5.75 Å². The molecule has 0 unspecified atom stereocenters. The van der Waals surface area contributed by atoms with E-state index < -0.39 is 0 Å². The van der Waals surface area contributed by atoms with Gasteiger partial charge in [-0.15, -0.1) is 0 Å². The first-order valence-corrected chi connectivity index (χ1v) is 6.69. The van der Waals surface area contributed by atoms with Gasteiger partial charge in [-0.05, 0) is 52.0 Å². The summed E-state index contributed by atoms with van der Waals surface area (Å²) in [6.45, 7) is 1.47. The third-order valence-corrected chi connectivity index (χ3v) is 2.91. The van der Waals surface area contributed by atoms with Gasteiger partial charge in [-0.1, -0.05) is 18.2 Å². The van der Waals surface area contributed by atoms with Gasteiger partial charge in [-0.25, -0.2) is 0 Å². The first-order valence-electron chi connectivity index (χ1n) is 6.69. The quantitative estimate of drug-likeness (QED) is 0.770.